The maximum atomic E-state index is 13.4. The summed E-state index contributed by atoms with van der Waals surface area (Å²) in [6.45, 7) is 9.74. The van der Waals surface area contributed by atoms with E-state index in [1.54, 1.807) is 0 Å². The number of hydrogen-bond acceptors (Lipinski definition) is 5. The average Bonchev–Trinajstić information content (AvgIpc) is 3.18. The van der Waals surface area contributed by atoms with Gasteiger partial charge in [0.1, 0.15) is 0 Å². The SMILES string of the molecule is CCN(CC)c1ccc(-c2ccc3c(c2)C=C(C(=O)Nc2ccc(CN(C)C4CCOCC4)cc2)CCN3C)cc1. The van der Waals surface area contributed by atoms with Gasteiger partial charge in [-0.1, -0.05) is 30.3 Å². The largest absolute Gasteiger partial charge is 0.381 e. The van der Waals surface area contributed by atoms with Gasteiger partial charge in [-0.05, 0) is 105 Å². The maximum Gasteiger partial charge on any atom is 0.251 e. The third kappa shape index (κ3) is 7.00. The summed E-state index contributed by atoms with van der Waals surface area (Å²) in [5, 5.41) is 3.14. The van der Waals surface area contributed by atoms with Crippen molar-refractivity contribution in [1.29, 1.82) is 0 Å². The highest BCUT2D eigenvalue weighted by Gasteiger charge is 2.20. The van der Waals surface area contributed by atoms with E-state index in [1.807, 2.05) is 12.1 Å². The van der Waals surface area contributed by atoms with Crippen molar-refractivity contribution in [1.82, 2.24) is 4.90 Å². The molecule has 3 aromatic carbocycles. The fraction of sp³-hybridized carbons (Fsp3) is 0.400. The van der Waals surface area contributed by atoms with Crippen LogP contribution in [0.3, 0.4) is 0 Å². The summed E-state index contributed by atoms with van der Waals surface area (Å²) in [6.07, 6.45) is 4.93. The van der Waals surface area contributed by atoms with Crippen molar-refractivity contribution >= 4 is 29.0 Å². The molecule has 1 N–H and O–H groups in total. The Balaban J connectivity index is 1.28. The molecule has 6 nitrogen and oxygen atoms in total. The van der Waals surface area contributed by atoms with E-state index in [0.717, 1.165) is 80.3 Å². The Hall–Kier alpha value is -3.61. The molecule has 5 rings (SSSR count). The molecule has 0 aliphatic carbocycles. The third-order valence-corrected chi connectivity index (χ3v) is 8.56. The van der Waals surface area contributed by atoms with Crippen LogP contribution in [0.15, 0.2) is 72.3 Å². The third-order valence-electron chi connectivity index (χ3n) is 8.56. The Bertz CT molecular complexity index is 1340. The lowest BCUT2D eigenvalue weighted by atomic mass is 10.00. The van der Waals surface area contributed by atoms with Gasteiger partial charge in [0, 0.05) is 75.1 Å². The Morgan fingerprint density at radius 1 is 0.951 bits per heavy atom. The van der Waals surface area contributed by atoms with Crippen LogP contribution in [0.4, 0.5) is 17.1 Å². The van der Waals surface area contributed by atoms with Crippen LogP contribution in [0, 0.1) is 0 Å². The van der Waals surface area contributed by atoms with E-state index in [9.17, 15) is 4.79 Å². The van der Waals surface area contributed by atoms with Crippen LogP contribution < -0.4 is 15.1 Å². The van der Waals surface area contributed by atoms with Crippen LogP contribution in [-0.4, -0.2) is 63.8 Å². The van der Waals surface area contributed by atoms with E-state index in [4.69, 9.17) is 4.74 Å². The molecule has 41 heavy (non-hydrogen) atoms. The fourth-order valence-corrected chi connectivity index (χ4v) is 5.95. The normalized spacial score (nSPS) is 15.7. The van der Waals surface area contributed by atoms with E-state index in [2.05, 4.69) is 109 Å². The molecule has 0 bridgehead atoms. The van der Waals surface area contributed by atoms with Crippen molar-refractivity contribution in [2.45, 2.75) is 45.7 Å². The average molecular weight is 553 g/mol. The molecule has 0 radical (unpaired) electrons. The van der Waals surface area contributed by atoms with Gasteiger partial charge < -0.3 is 19.9 Å². The Kier molecular flexibility index (Phi) is 9.42. The summed E-state index contributed by atoms with van der Waals surface area (Å²) in [6, 6.07) is 24.2. The number of benzene rings is 3. The zero-order valence-electron chi connectivity index (χ0n) is 25.0. The molecule has 0 saturated carbocycles. The predicted molar refractivity (Wildman–Crippen MR) is 172 cm³/mol. The number of hydrogen-bond donors (Lipinski definition) is 1. The van der Waals surface area contributed by atoms with Gasteiger partial charge in [0.15, 0.2) is 0 Å². The lowest BCUT2D eigenvalue weighted by molar-refractivity contribution is -0.112. The molecule has 1 amide bonds. The summed E-state index contributed by atoms with van der Waals surface area (Å²) < 4.78 is 5.50. The van der Waals surface area contributed by atoms with Crippen LogP contribution >= 0.6 is 0 Å². The van der Waals surface area contributed by atoms with Crippen LogP contribution in [0.25, 0.3) is 17.2 Å². The zero-order valence-corrected chi connectivity index (χ0v) is 25.0. The molecule has 2 aliphatic rings. The van der Waals surface area contributed by atoms with E-state index >= 15 is 0 Å². The summed E-state index contributed by atoms with van der Waals surface area (Å²) in [5.74, 6) is -0.0349. The molecule has 0 spiro atoms. The molecular formula is C35H44N4O2. The van der Waals surface area contributed by atoms with Gasteiger partial charge in [0.25, 0.3) is 5.91 Å². The molecule has 0 atom stereocenters. The predicted octanol–water partition coefficient (Wildman–Crippen LogP) is 6.67. The standard InChI is InChI=1S/C35H44N4O2/c1-5-39(6-2)33-14-9-27(10-15-33)28-11-16-34-30(23-28)24-29(17-20-37(34)3)35(40)36-31-12-7-26(8-13-31)25-38(4)32-18-21-41-22-19-32/h7-16,23-24,32H,5-6,17-22,25H2,1-4H3,(H,36,40). The first-order valence-electron chi connectivity index (χ1n) is 15.0. The lowest BCUT2D eigenvalue weighted by Crippen LogP contribution is -2.36. The van der Waals surface area contributed by atoms with E-state index < -0.39 is 0 Å². The monoisotopic (exact) mass is 552 g/mol. The first-order valence-corrected chi connectivity index (χ1v) is 15.0. The number of amides is 1. The first-order chi connectivity index (χ1) is 19.9. The molecule has 1 fully saturated rings. The van der Waals surface area contributed by atoms with Crippen LogP contribution in [0.2, 0.25) is 0 Å². The van der Waals surface area contributed by atoms with Gasteiger partial charge in [0.2, 0.25) is 0 Å². The van der Waals surface area contributed by atoms with Gasteiger partial charge >= 0.3 is 0 Å². The smallest absolute Gasteiger partial charge is 0.251 e. The molecule has 216 valence electrons. The topological polar surface area (TPSA) is 48.1 Å². The summed E-state index contributed by atoms with van der Waals surface area (Å²) in [4.78, 5) is 20.4. The summed E-state index contributed by atoms with van der Waals surface area (Å²) in [7, 11) is 4.29. The summed E-state index contributed by atoms with van der Waals surface area (Å²) >= 11 is 0. The van der Waals surface area contributed by atoms with Gasteiger partial charge in [-0.25, -0.2) is 0 Å². The number of anilines is 3. The highest BCUT2D eigenvalue weighted by atomic mass is 16.5. The molecule has 3 aromatic rings. The van der Waals surface area contributed by atoms with Crippen molar-refractivity contribution in [3.63, 3.8) is 0 Å². The molecule has 6 heteroatoms. The second-order valence-electron chi connectivity index (χ2n) is 11.2. The highest BCUT2D eigenvalue weighted by molar-refractivity contribution is 6.07. The van der Waals surface area contributed by atoms with Crippen LogP contribution in [0.5, 0.6) is 0 Å². The minimum Gasteiger partial charge on any atom is -0.381 e. The number of nitrogens with zero attached hydrogens (tertiary/aromatic N) is 3. The second kappa shape index (κ2) is 13.4. The number of nitrogens with one attached hydrogen (secondary N) is 1. The molecule has 2 aliphatic heterocycles. The zero-order chi connectivity index (χ0) is 28.8. The van der Waals surface area contributed by atoms with Gasteiger partial charge in [-0.3, -0.25) is 9.69 Å². The maximum absolute atomic E-state index is 13.4. The second-order valence-corrected chi connectivity index (χ2v) is 11.2. The van der Waals surface area contributed by atoms with Crippen molar-refractivity contribution < 1.29 is 9.53 Å². The molecule has 1 saturated heterocycles. The van der Waals surface area contributed by atoms with Gasteiger partial charge in [-0.15, -0.1) is 0 Å². The Morgan fingerprint density at radius 2 is 1.63 bits per heavy atom. The molecule has 2 heterocycles. The van der Waals surface area contributed by atoms with E-state index in [1.165, 1.54) is 16.8 Å². The van der Waals surface area contributed by atoms with Crippen LogP contribution in [-0.2, 0) is 16.1 Å². The molecule has 0 aromatic heterocycles. The molecule has 0 unspecified atom stereocenters. The van der Waals surface area contributed by atoms with Crippen LogP contribution in [0.1, 0.15) is 44.2 Å². The van der Waals surface area contributed by atoms with Crippen molar-refractivity contribution in [2.75, 3.05) is 62.1 Å². The Morgan fingerprint density at radius 3 is 2.32 bits per heavy atom. The number of carbonyl (C=O) groups is 1. The molecular weight excluding hydrogens is 508 g/mol. The van der Waals surface area contributed by atoms with Gasteiger partial charge in [0.05, 0.1) is 0 Å². The van der Waals surface area contributed by atoms with Crippen molar-refractivity contribution in [3.05, 3.63) is 83.4 Å². The highest BCUT2D eigenvalue weighted by Crippen LogP contribution is 2.33. The number of carbonyl (C=O) groups excluding carboxylic acids is 1. The van der Waals surface area contributed by atoms with Crippen molar-refractivity contribution in [3.8, 4) is 11.1 Å². The minimum absolute atomic E-state index is 0.0349. The minimum atomic E-state index is -0.0349. The van der Waals surface area contributed by atoms with E-state index in [0.29, 0.717) is 12.5 Å². The quantitative estimate of drug-likeness (QED) is 0.321. The number of rotatable bonds is 9. The first kappa shape index (κ1) is 28.9. The Labute approximate surface area is 245 Å². The number of fused-ring (bicyclic) bond motifs is 1. The van der Waals surface area contributed by atoms with E-state index in [-0.39, 0.29) is 5.91 Å². The van der Waals surface area contributed by atoms with Gasteiger partial charge in [-0.2, -0.15) is 0 Å². The lowest BCUT2D eigenvalue weighted by Gasteiger charge is -2.31. The number of ether oxygens (including phenoxy) is 1. The van der Waals surface area contributed by atoms with Crippen molar-refractivity contribution in [2.24, 2.45) is 0 Å². The fourth-order valence-electron chi connectivity index (χ4n) is 5.95. The summed E-state index contributed by atoms with van der Waals surface area (Å²) in [5.41, 5.74) is 8.67.